The predicted octanol–water partition coefficient (Wildman–Crippen LogP) is 3.60. The smallest absolute Gasteiger partial charge is 0.0219 e. The van der Waals surface area contributed by atoms with Crippen molar-refractivity contribution in [2.24, 2.45) is 0 Å². The van der Waals surface area contributed by atoms with Gasteiger partial charge >= 0.3 is 0 Å². The van der Waals surface area contributed by atoms with Crippen LogP contribution in [0.2, 0.25) is 0 Å². The summed E-state index contributed by atoms with van der Waals surface area (Å²) in [7, 11) is 0. The Morgan fingerprint density at radius 1 is 1.40 bits per heavy atom. The highest BCUT2D eigenvalue weighted by Crippen LogP contribution is 2.27. The molecule has 1 aliphatic rings. The molecule has 1 N–H and O–H groups in total. The molecule has 2 rings (SSSR count). The number of thiophene rings is 1. The molecule has 1 nitrogen and oxygen atoms in total. The first-order valence-electron chi connectivity index (χ1n) is 6.11. The molecule has 0 radical (unpaired) electrons. The van der Waals surface area contributed by atoms with Gasteiger partial charge in [-0.1, -0.05) is 19.8 Å². The Labute approximate surface area is 96.9 Å². The predicted molar refractivity (Wildman–Crippen MR) is 67.5 cm³/mol. The maximum Gasteiger partial charge on any atom is 0.0219 e. The van der Waals surface area contributed by atoms with Crippen LogP contribution >= 0.6 is 11.3 Å². The van der Waals surface area contributed by atoms with Crippen molar-refractivity contribution >= 4 is 11.3 Å². The van der Waals surface area contributed by atoms with Gasteiger partial charge in [-0.15, -0.1) is 0 Å². The van der Waals surface area contributed by atoms with Crippen molar-refractivity contribution < 1.29 is 0 Å². The van der Waals surface area contributed by atoms with Crippen LogP contribution < -0.4 is 5.32 Å². The highest BCUT2D eigenvalue weighted by Gasteiger charge is 2.28. The van der Waals surface area contributed by atoms with Crippen LogP contribution in [0.25, 0.3) is 0 Å². The molecule has 1 fully saturated rings. The summed E-state index contributed by atoms with van der Waals surface area (Å²) >= 11 is 1.81. The normalized spacial score (nSPS) is 27.5. The van der Waals surface area contributed by atoms with E-state index in [4.69, 9.17) is 0 Å². The van der Waals surface area contributed by atoms with Crippen molar-refractivity contribution in [3.63, 3.8) is 0 Å². The highest BCUT2D eigenvalue weighted by molar-refractivity contribution is 7.07. The van der Waals surface area contributed by atoms with Gasteiger partial charge in [0.1, 0.15) is 0 Å². The molecule has 84 valence electrons. The molecule has 2 heteroatoms. The summed E-state index contributed by atoms with van der Waals surface area (Å²) in [5.41, 5.74) is 1.90. The first-order valence-corrected chi connectivity index (χ1v) is 7.05. The van der Waals surface area contributed by atoms with Gasteiger partial charge in [0.05, 0.1) is 0 Å². The summed E-state index contributed by atoms with van der Waals surface area (Å²) in [6.07, 6.45) is 7.96. The van der Waals surface area contributed by atoms with Crippen molar-refractivity contribution in [3.05, 3.63) is 22.4 Å². The topological polar surface area (TPSA) is 12.0 Å². The SMILES string of the molecule is CCC1(Cc2ccsc2)CCCCCN1. The highest BCUT2D eigenvalue weighted by atomic mass is 32.1. The van der Waals surface area contributed by atoms with Gasteiger partial charge in [-0.2, -0.15) is 11.3 Å². The van der Waals surface area contributed by atoms with E-state index in [-0.39, 0.29) is 0 Å². The van der Waals surface area contributed by atoms with E-state index in [1.165, 1.54) is 50.6 Å². The summed E-state index contributed by atoms with van der Waals surface area (Å²) in [6.45, 7) is 3.53. The molecule has 0 saturated carbocycles. The van der Waals surface area contributed by atoms with Gasteiger partial charge in [0.25, 0.3) is 0 Å². The van der Waals surface area contributed by atoms with Crippen LogP contribution in [0.3, 0.4) is 0 Å². The van der Waals surface area contributed by atoms with Crippen LogP contribution in [0.15, 0.2) is 16.8 Å². The average molecular weight is 223 g/mol. The first kappa shape index (κ1) is 11.2. The van der Waals surface area contributed by atoms with Gasteiger partial charge in [-0.3, -0.25) is 0 Å². The van der Waals surface area contributed by atoms with Crippen LogP contribution in [0.1, 0.15) is 44.6 Å². The van der Waals surface area contributed by atoms with Gasteiger partial charge in [0, 0.05) is 5.54 Å². The molecule has 0 amide bonds. The Balaban J connectivity index is 2.05. The monoisotopic (exact) mass is 223 g/mol. The second-order valence-corrected chi connectivity index (χ2v) is 5.46. The van der Waals surface area contributed by atoms with Crippen molar-refractivity contribution in [2.45, 2.75) is 51.0 Å². The second kappa shape index (κ2) is 5.13. The van der Waals surface area contributed by atoms with Crippen LogP contribution in [0.4, 0.5) is 0 Å². The van der Waals surface area contributed by atoms with Gasteiger partial charge in [-0.05, 0) is 54.6 Å². The van der Waals surface area contributed by atoms with E-state index in [0.29, 0.717) is 5.54 Å². The van der Waals surface area contributed by atoms with E-state index >= 15 is 0 Å². The summed E-state index contributed by atoms with van der Waals surface area (Å²) in [4.78, 5) is 0. The zero-order valence-electron chi connectivity index (χ0n) is 9.59. The standard InChI is InChI=1S/C13H21NS/c1-2-13(7-4-3-5-8-14-13)10-12-6-9-15-11-12/h6,9,11,14H,2-5,7-8,10H2,1H3. The maximum atomic E-state index is 3.79. The summed E-state index contributed by atoms with van der Waals surface area (Å²) in [6, 6.07) is 2.27. The van der Waals surface area contributed by atoms with E-state index in [1.807, 2.05) is 11.3 Å². The largest absolute Gasteiger partial charge is 0.311 e. The zero-order valence-corrected chi connectivity index (χ0v) is 10.4. The lowest BCUT2D eigenvalue weighted by Gasteiger charge is -2.32. The first-order chi connectivity index (χ1) is 7.35. The third kappa shape index (κ3) is 2.82. The van der Waals surface area contributed by atoms with Crippen molar-refractivity contribution in [1.82, 2.24) is 5.32 Å². The molecule has 1 aromatic heterocycles. The van der Waals surface area contributed by atoms with E-state index in [1.54, 1.807) is 0 Å². The van der Waals surface area contributed by atoms with Crippen molar-refractivity contribution in [2.75, 3.05) is 6.54 Å². The van der Waals surface area contributed by atoms with Gasteiger partial charge < -0.3 is 5.32 Å². The minimum Gasteiger partial charge on any atom is -0.311 e. The van der Waals surface area contributed by atoms with Gasteiger partial charge in [0.2, 0.25) is 0 Å². The Morgan fingerprint density at radius 3 is 3.07 bits per heavy atom. The molecular formula is C13H21NS. The quantitative estimate of drug-likeness (QED) is 0.825. The Hall–Kier alpha value is -0.340. The van der Waals surface area contributed by atoms with E-state index in [2.05, 4.69) is 29.1 Å². The number of nitrogens with one attached hydrogen (secondary N) is 1. The van der Waals surface area contributed by atoms with Gasteiger partial charge in [-0.25, -0.2) is 0 Å². The molecule has 0 aromatic carbocycles. The second-order valence-electron chi connectivity index (χ2n) is 4.68. The summed E-state index contributed by atoms with van der Waals surface area (Å²) in [5, 5.41) is 8.27. The Kier molecular flexibility index (Phi) is 3.81. The van der Waals surface area contributed by atoms with E-state index in [0.717, 1.165) is 0 Å². The lowest BCUT2D eigenvalue weighted by molar-refractivity contribution is 0.302. The number of hydrogen-bond donors (Lipinski definition) is 1. The lowest BCUT2D eigenvalue weighted by atomic mass is 9.85. The van der Waals surface area contributed by atoms with E-state index < -0.39 is 0 Å². The zero-order chi connectivity index (χ0) is 10.6. The molecule has 1 aliphatic heterocycles. The molecule has 15 heavy (non-hydrogen) atoms. The average Bonchev–Trinajstić information content (AvgIpc) is 2.64. The van der Waals surface area contributed by atoms with Crippen LogP contribution in [0, 0.1) is 0 Å². The summed E-state index contributed by atoms with van der Waals surface area (Å²) in [5.74, 6) is 0. The van der Waals surface area contributed by atoms with Crippen molar-refractivity contribution in [1.29, 1.82) is 0 Å². The minimum atomic E-state index is 0.386. The molecule has 1 unspecified atom stereocenters. The fraction of sp³-hybridized carbons (Fsp3) is 0.692. The number of hydrogen-bond acceptors (Lipinski definition) is 2. The molecule has 1 saturated heterocycles. The Bertz CT molecular complexity index is 271. The molecule has 1 aromatic rings. The fourth-order valence-electron chi connectivity index (χ4n) is 2.57. The molecule has 0 aliphatic carbocycles. The van der Waals surface area contributed by atoms with Crippen LogP contribution in [-0.4, -0.2) is 12.1 Å². The van der Waals surface area contributed by atoms with E-state index in [9.17, 15) is 0 Å². The lowest BCUT2D eigenvalue weighted by Crippen LogP contribution is -2.45. The van der Waals surface area contributed by atoms with Crippen molar-refractivity contribution in [3.8, 4) is 0 Å². The Morgan fingerprint density at radius 2 is 2.33 bits per heavy atom. The number of rotatable bonds is 3. The molecule has 0 spiro atoms. The van der Waals surface area contributed by atoms with Crippen LogP contribution in [-0.2, 0) is 6.42 Å². The van der Waals surface area contributed by atoms with Crippen LogP contribution in [0.5, 0.6) is 0 Å². The molecule has 1 atom stereocenters. The van der Waals surface area contributed by atoms with Gasteiger partial charge in [0.15, 0.2) is 0 Å². The molecule has 2 heterocycles. The molecule has 0 bridgehead atoms. The third-order valence-corrected chi connectivity index (χ3v) is 4.36. The summed E-state index contributed by atoms with van der Waals surface area (Å²) < 4.78 is 0. The third-order valence-electron chi connectivity index (χ3n) is 3.63. The molecular weight excluding hydrogens is 202 g/mol. The minimum absolute atomic E-state index is 0.386. The maximum absolute atomic E-state index is 3.79. The fourth-order valence-corrected chi connectivity index (χ4v) is 3.24.